The molecule has 4 rings (SSSR count). The molecule has 0 bridgehead atoms. The molecule has 1 aliphatic heterocycles. The Kier molecular flexibility index (Phi) is 4.94. The van der Waals surface area contributed by atoms with Gasteiger partial charge < -0.3 is 19.3 Å². The SMILES string of the molecule is COc1ccc([C@](C)(O)Cn2c3c(c4cc(C)ccc42)CCN(C)CC3)cc1. The second-order valence-corrected chi connectivity index (χ2v) is 8.34. The summed E-state index contributed by atoms with van der Waals surface area (Å²) in [6.45, 7) is 6.73. The average Bonchev–Trinajstić information content (AvgIpc) is 2.82. The van der Waals surface area contributed by atoms with Crippen molar-refractivity contribution >= 4 is 10.9 Å². The van der Waals surface area contributed by atoms with Gasteiger partial charge in [0.2, 0.25) is 0 Å². The number of methoxy groups -OCH3 is 1. The zero-order chi connectivity index (χ0) is 19.9. The predicted octanol–water partition coefficient (Wildman–Crippen LogP) is 3.90. The number of aromatic nitrogens is 1. The molecule has 3 aromatic rings. The van der Waals surface area contributed by atoms with Crippen LogP contribution in [0.25, 0.3) is 10.9 Å². The first kappa shape index (κ1) is 19.0. The molecule has 28 heavy (non-hydrogen) atoms. The lowest BCUT2D eigenvalue weighted by atomic mass is 9.95. The molecular weight excluding hydrogens is 348 g/mol. The van der Waals surface area contributed by atoms with Crippen molar-refractivity contribution in [3.63, 3.8) is 0 Å². The van der Waals surface area contributed by atoms with Gasteiger partial charge in [0, 0.05) is 36.1 Å². The molecule has 0 unspecified atom stereocenters. The largest absolute Gasteiger partial charge is 0.497 e. The number of hydrogen-bond acceptors (Lipinski definition) is 3. The van der Waals surface area contributed by atoms with E-state index in [2.05, 4.69) is 41.6 Å². The molecule has 1 aromatic heterocycles. The predicted molar refractivity (Wildman–Crippen MR) is 114 cm³/mol. The van der Waals surface area contributed by atoms with Gasteiger partial charge in [-0.3, -0.25) is 0 Å². The number of ether oxygens (including phenoxy) is 1. The second kappa shape index (κ2) is 7.26. The van der Waals surface area contributed by atoms with Crippen molar-refractivity contribution in [1.82, 2.24) is 9.47 Å². The standard InChI is InChI=1S/C24H30N2O2/c1-17-5-10-22-21(15-17)20-11-13-25(3)14-12-23(20)26(22)16-24(2,27)18-6-8-19(28-4)9-7-18/h5-10,15,27H,11-14,16H2,1-4H3/t24-/m1/s1. The lowest BCUT2D eigenvalue weighted by Gasteiger charge is -2.27. The molecule has 0 saturated heterocycles. The highest BCUT2D eigenvalue weighted by atomic mass is 16.5. The van der Waals surface area contributed by atoms with E-state index < -0.39 is 5.60 Å². The first-order valence-corrected chi connectivity index (χ1v) is 10.0. The van der Waals surface area contributed by atoms with E-state index in [9.17, 15) is 5.11 Å². The molecular formula is C24H30N2O2. The zero-order valence-electron chi connectivity index (χ0n) is 17.3. The monoisotopic (exact) mass is 378 g/mol. The fraction of sp³-hybridized carbons (Fsp3) is 0.417. The quantitative estimate of drug-likeness (QED) is 0.748. The molecule has 0 amide bonds. The average molecular weight is 379 g/mol. The summed E-state index contributed by atoms with van der Waals surface area (Å²) in [7, 11) is 3.85. The summed E-state index contributed by atoms with van der Waals surface area (Å²) >= 11 is 0. The van der Waals surface area contributed by atoms with Gasteiger partial charge in [0.05, 0.1) is 13.7 Å². The highest BCUT2D eigenvalue weighted by molar-refractivity contribution is 5.86. The van der Waals surface area contributed by atoms with Gasteiger partial charge in [0.15, 0.2) is 0 Å². The molecule has 0 aliphatic carbocycles. The maximum atomic E-state index is 11.4. The Morgan fingerprint density at radius 1 is 1.07 bits per heavy atom. The number of nitrogens with zero attached hydrogens (tertiary/aromatic N) is 2. The van der Waals surface area contributed by atoms with Gasteiger partial charge >= 0.3 is 0 Å². The van der Waals surface area contributed by atoms with Crippen LogP contribution in [0.3, 0.4) is 0 Å². The zero-order valence-corrected chi connectivity index (χ0v) is 17.3. The molecule has 1 atom stereocenters. The number of fused-ring (bicyclic) bond motifs is 3. The van der Waals surface area contributed by atoms with Crippen LogP contribution in [0.5, 0.6) is 5.75 Å². The fourth-order valence-corrected chi connectivity index (χ4v) is 4.40. The second-order valence-electron chi connectivity index (χ2n) is 8.34. The minimum absolute atomic E-state index is 0.540. The summed E-state index contributed by atoms with van der Waals surface area (Å²) in [5.74, 6) is 0.804. The number of likely N-dealkylation sites (N-methyl/N-ethyl adjacent to an activating group) is 1. The summed E-state index contributed by atoms with van der Waals surface area (Å²) in [4.78, 5) is 2.40. The number of aryl methyl sites for hydroxylation is 1. The highest BCUT2D eigenvalue weighted by Crippen LogP contribution is 2.33. The Morgan fingerprint density at radius 3 is 2.50 bits per heavy atom. The normalized spacial score (nSPS) is 17.2. The molecule has 4 nitrogen and oxygen atoms in total. The van der Waals surface area contributed by atoms with Gasteiger partial charge in [0.25, 0.3) is 0 Å². The number of benzene rings is 2. The van der Waals surface area contributed by atoms with Gasteiger partial charge in [-0.1, -0.05) is 23.8 Å². The van der Waals surface area contributed by atoms with Gasteiger partial charge in [-0.15, -0.1) is 0 Å². The van der Waals surface area contributed by atoms with Crippen molar-refractivity contribution in [2.45, 2.75) is 38.8 Å². The maximum absolute atomic E-state index is 11.4. The number of hydrogen-bond donors (Lipinski definition) is 1. The Bertz CT molecular complexity index is 986. The van der Waals surface area contributed by atoms with E-state index in [0.29, 0.717) is 6.54 Å². The summed E-state index contributed by atoms with van der Waals surface area (Å²) in [5.41, 5.74) is 5.28. The molecule has 4 heteroatoms. The van der Waals surface area contributed by atoms with Crippen LogP contribution in [0.2, 0.25) is 0 Å². The van der Waals surface area contributed by atoms with E-state index in [0.717, 1.165) is 37.2 Å². The van der Waals surface area contributed by atoms with E-state index in [1.165, 1.54) is 27.7 Å². The molecule has 148 valence electrons. The van der Waals surface area contributed by atoms with Crippen LogP contribution >= 0.6 is 0 Å². The van der Waals surface area contributed by atoms with Gasteiger partial charge in [-0.25, -0.2) is 0 Å². The van der Waals surface area contributed by atoms with Crippen molar-refractivity contribution in [2.24, 2.45) is 0 Å². The van der Waals surface area contributed by atoms with E-state index >= 15 is 0 Å². The van der Waals surface area contributed by atoms with Crippen LogP contribution in [0.1, 0.15) is 29.3 Å². The number of aliphatic hydroxyl groups is 1. The van der Waals surface area contributed by atoms with Gasteiger partial charge in [-0.05, 0) is 62.7 Å². The Hall–Kier alpha value is -2.30. The van der Waals surface area contributed by atoms with Gasteiger partial charge in [0.1, 0.15) is 11.4 Å². The third kappa shape index (κ3) is 3.43. The molecule has 0 saturated carbocycles. The first-order valence-electron chi connectivity index (χ1n) is 10.0. The third-order valence-corrected chi connectivity index (χ3v) is 6.09. The van der Waals surface area contributed by atoms with Crippen molar-refractivity contribution in [1.29, 1.82) is 0 Å². The van der Waals surface area contributed by atoms with Crippen molar-refractivity contribution in [2.75, 3.05) is 27.2 Å². The van der Waals surface area contributed by atoms with Crippen LogP contribution in [0, 0.1) is 6.92 Å². The fourth-order valence-electron chi connectivity index (χ4n) is 4.40. The van der Waals surface area contributed by atoms with E-state index in [-0.39, 0.29) is 0 Å². The minimum Gasteiger partial charge on any atom is -0.497 e. The third-order valence-electron chi connectivity index (χ3n) is 6.09. The summed E-state index contributed by atoms with van der Waals surface area (Å²) < 4.78 is 7.62. The molecule has 2 aromatic carbocycles. The van der Waals surface area contributed by atoms with Crippen LogP contribution in [0.4, 0.5) is 0 Å². The van der Waals surface area contributed by atoms with Crippen LogP contribution in [0.15, 0.2) is 42.5 Å². The lowest BCUT2D eigenvalue weighted by molar-refractivity contribution is 0.0387. The molecule has 0 spiro atoms. The molecule has 0 fully saturated rings. The lowest BCUT2D eigenvalue weighted by Crippen LogP contribution is -2.29. The van der Waals surface area contributed by atoms with Gasteiger partial charge in [-0.2, -0.15) is 0 Å². The first-order chi connectivity index (χ1) is 13.4. The van der Waals surface area contributed by atoms with Crippen LogP contribution in [-0.4, -0.2) is 41.8 Å². The van der Waals surface area contributed by atoms with E-state index in [1.54, 1.807) is 7.11 Å². The van der Waals surface area contributed by atoms with Crippen LogP contribution in [-0.2, 0) is 25.0 Å². The molecule has 1 N–H and O–H groups in total. The van der Waals surface area contributed by atoms with Crippen molar-refractivity contribution in [3.8, 4) is 5.75 Å². The molecule has 2 heterocycles. The Labute approximate surface area is 167 Å². The Balaban J connectivity index is 1.79. The summed E-state index contributed by atoms with van der Waals surface area (Å²) in [5, 5.41) is 12.7. The molecule has 0 radical (unpaired) electrons. The van der Waals surface area contributed by atoms with Crippen molar-refractivity contribution in [3.05, 3.63) is 64.8 Å². The number of rotatable bonds is 4. The Morgan fingerprint density at radius 2 is 1.79 bits per heavy atom. The minimum atomic E-state index is -0.963. The smallest absolute Gasteiger partial charge is 0.118 e. The van der Waals surface area contributed by atoms with E-state index in [4.69, 9.17) is 4.74 Å². The van der Waals surface area contributed by atoms with Crippen molar-refractivity contribution < 1.29 is 9.84 Å². The molecule has 1 aliphatic rings. The summed E-state index contributed by atoms with van der Waals surface area (Å²) in [6.07, 6.45) is 2.07. The topological polar surface area (TPSA) is 37.6 Å². The maximum Gasteiger partial charge on any atom is 0.118 e. The van der Waals surface area contributed by atoms with E-state index in [1.807, 2.05) is 31.2 Å². The summed E-state index contributed by atoms with van der Waals surface area (Å²) in [6, 6.07) is 14.4. The van der Waals surface area contributed by atoms with Crippen LogP contribution < -0.4 is 4.74 Å². The highest BCUT2D eigenvalue weighted by Gasteiger charge is 2.28.